The lowest BCUT2D eigenvalue weighted by Gasteiger charge is -2.06. The number of hydrogen-bond donors (Lipinski definition) is 1. The number of benzene rings is 1. The fourth-order valence-corrected chi connectivity index (χ4v) is 2.45. The van der Waals surface area contributed by atoms with Gasteiger partial charge in [0.25, 0.3) is 9.05 Å². The van der Waals surface area contributed by atoms with Crippen molar-refractivity contribution in [2.24, 2.45) is 0 Å². The van der Waals surface area contributed by atoms with Crippen LogP contribution < -0.4 is 0 Å². The highest BCUT2D eigenvalue weighted by Gasteiger charge is 2.17. The van der Waals surface area contributed by atoms with Crippen LogP contribution in [-0.2, 0) is 15.7 Å². The van der Waals surface area contributed by atoms with Crippen molar-refractivity contribution in [3.63, 3.8) is 0 Å². The monoisotopic (exact) mass is 245 g/mol. The second kappa shape index (κ2) is 4.19. The lowest BCUT2D eigenvalue weighted by atomic mass is 10.1. The van der Waals surface area contributed by atoms with E-state index in [4.69, 9.17) is 21.1 Å². The molecular weight excluding hydrogens is 238 g/mol. The van der Waals surface area contributed by atoms with Gasteiger partial charge in [0.15, 0.2) is 0 Å². The lowest BCUT2D eigenvalue weighted by molar-refractivity contribution is 0.281. The van der Waals surface area contributed by atoms with Crippen molar-refractivity contribution < 1.29 is 13.5 Å². The van der Waals surface area contributed by atoms with E-state index in [1.807, 2.05) is 6.07 Å². The Morgan fingerprint density at radius 2 is 2.13 bits per heavy atom. The molecule has 1 rings (SSSR count). The van der Waals surface area contributed by atoms with Crippen LogP contribution in [0.1, 0.15) is 16.7 Å². The Morgan fingerprint density at radius 3 is 2.53 bits per heavy atom. The van der Waals surface area contributed by atoms with E-state index in [9.17, 15) is 8.42 Å². The maximum atomic E-state index is 11.2. The molecule has 0 saturated heterocycles. The molecule has 0 bridgehead atoms. The van der Waals surface area contributed by atoms with Crippen molar-refractivity contribution in [3.05, 3.63) is 28.8 Å². The first-order chi connectivity index (χ1) is 6.90. The molecule has 0 atom stereocenters. The van der Waals surface area contributed by atoms with E-state index in [0.29, 0.717) is 11.1 Å². The molecule has 1 N–H and O–H groups in total. The zero-order valence-electron chi connectivity index (χ0n) is 7.86. The molecule has 1 aromatic rings. The molecule has 0 aliphatic rings. The van der Waals surface area contributed by atoms with Crippen molar-refractivity contribution in [3.8, 4) is 6.07 Å². The second-order valence-electron chi connectivity index (χ2n) is 2.97. The Labute approximate surface area is 92.1 Å². The third-order valence-corrected chi connectivity index (χ3v) is 3.43. The van der Waals surface area contributed by atoms with Crippen molar-refractivity contribution in [1.29, 1.82) is 5.26 Å². The Balaban J connectivity index is 3.61. The lowest BCUT2D eigenvalue weighted by Crippen LogP contribution is -2.00. The summed E-state index contributed by atoms with van der Waals surface area (Å²) >= 11 is 0. The predicted molar refractivity (Wildman–Crippen MR) is 54.9 cm³/mol. The number of nitriles is 1. The van der Waals surface area contributed by atoms with Gasteiger partial charge in [0, 0.05) is 10.7 Å². The number of hydrogen-bond acceptors (Lipinski definition) is 4. The van der Waals surface area contributed by atoms with E-state index in [2.05, 4.69) is 0 Å². The normalized spacial score (nSPS) is 11.1. The summed E-state index contributed by atoms with van der Waals surface area (Å²) in [7, 11) is 1.31. The van der Waals surface area contributed by atoms with Gasteiger partial charge < -0.3 is 5.11 Å². The van der Waals surface area contributed by atoms with Gasteiger partial charge in [0.05, 0.1) is 23.1 Å². The number of nitrogens with zero attached hydrogens (tertiary/aromatic N) is 1. The summed E-state index contributed by atoms with van der Waals surface area (Å²) in [6, 6.07) is 4.54. The smallest absolute Gasteiger partial charge is 0.261 e. The zero-order chi connectivity index (χ0) is 11.6. The summed E-state index contributed by atoms with van der Waals surface area (Å²) in [5, 5.41) is 17.7. The van der Waals surface area contributed by atoms with Gasteiger partial charge in [-0.25, -0.2) is 8.42 Å². The first-order valence-electron chi connectivity index (χ1n) is 3.99. The minimum absolute atomic E-state index is 0.132. The molecule has 1 aromatic carbocycles. The fraction of sp³-hybridized carbons (Fsp3) is 0.222. The van der Waals surface area contributed by atoms with E-state index in [1.54, 1.807) is 0 Å². The number of rotatable bonds is 2. The molecule has 80 valence electrons. The Hall–Kier alpha value is -1.09. The zero-order valence-corrected chi connectivity index (χ0v) is 9.43. The molecule has 4 nitrogen and oxygen atoms in total. The van der Waals surface area contributed by atoms with E-state index < -0.39 is 9.05 Å². The molecule has 0 amide bonds. The van der Waals surface area contributed by atoms with Crippen molar-refractivity contribution >= 4 is 19.7 Å². The van der Waals surface area contributed by atoms with E-state index in [1.165, 1.54) is 19.1 Å². The Bertz CT molecular complexity index is 531. The molecule has 0 unspecified atom stereocenters. The summed E-state index contributed by atoms with van der Waals surface area (Å²) in [5.74, 6) is 0. The predicted octanol–water partition coefficient (Wildman–Crippen LogP) is 1.29. The van der Waals surface area contributed by atoms with Crippen molar-refractivity contribution in [2.75, 3.05) is 0 Å². The van der Waals surface area contributed by atoms with Gasteiger partial charge in [-0.2, -0.15) is 5.26 Å². The molecule has 15 heavy (non-hydrogen) atoms. The molecule has 0 spiro atoms. The molecule has 0 radical (unpaired) electrons. The number of halogens is 1. The van der Waals surface area contributed by atoms with Crippen LogP contribution >= 0.6 is 10.7 Å². The standard InChI is InChI=1S/C9H8ClNO3S/c1-6-8(4-11)2-7(5-12)3-9(6)15(10,13)14/h2-3,12H,5H2,1H3. The summed E-state index contributed by atoms with van der Waals surface area (Å²) in [5.41, 5.74) is 0.835. The van der Waals surface area contributed by atoms with Gasteiger partial charge in [-0.1, -0.05) is 0 Å². The van der Waals surface area contributed by atoms with Gasteiger partial charge in [-0.05, 0) is 30.2 Å². The first kappa shape index (κ1) is 12.0. The SMILES string of the molecule is Cc1c(C#N)cc(CO)cc1S(=O)(=O)Cl. The molecule has 0 fully saturated rings. The van der Waals surface area contributed by atoms with Crippen LogP contribution in [0.3, 0.4) is 0 Å². The third-order valence-electron chi connectivity index (χ3n) is 1.99. The van der Waals surface area contributed by atoms with Crippen molar-refractivity contribution in [2.45, 2.75) is 18.4 Å². The van der Waals surface area contributed by atoms with E-state index in [0.717, 1.165) is 0 Å². The van der Waals surface area contributed by atoms with Crippen LogP contribution in [0.5, 0.6) is 0 Å². The Kier molecular flexibility index (Phi) is 3.35. The van der Waals surface area contributed by atoms with Crippen LogP contribution in [-0.4, -0.2) is 13.5 Å². The van der Waals surface area contributed by atoms with Crippen LogP contribution in [0.2, 0.25) is 0 Å². The third kappa shape index (κ3) is 2.48. The van der Waals surface area contributed by atoms with Crippen molar-refractivity contribution in [1.82, 2.24) is 0 Å². The first-order valence-corrected chi connectivity index (χ1v) is 6.30. The molecule has 0 saturated carbocycles. The van der Waals surface area contributed by atoms with Gasteiger partial charge in [0.1, 0.15) is 0 Å². The quantitative estimate of drug-likeness (QED) is 0.797. The molecule has 0 aliphatic heterocycles. The average molecular weight is 246 g/mol. The highest BCUT2D eigenvalue weighted by molar-refractivity contribution is 8.13. The molecule has 0 aliphatic carbocycles. The van der Waals surface area contributed by atoms with Gasteiger partial charge in [0.2, 0.25) is 0 Å². The summed E-state index contributed by atoms with van der Waals surface area (Å²) in [6.45, 7) is 1.16. The van der Waals surface area contributed by atoms with E-state index in [-0.39, 0.29) is 17.1 Å². The topological polar surface area (TPSA) is 78.2 Å². The fourth-order valence-electron chi connectivity index (χ4n) is 1.21. The summed E-state index contributed by atoms with van der Waals surface area (Å²) in [4.78, 5) is -0.132. The maximum absolute atomic E-state index is 11.2. The van der Waals surface area contributed by atoms with E-state index >= 15 is 0 Å². The Morgan fingerprint density at radius 1 is 1.53 bits per heavy atom. The molecular formula is C9H8ClNO3S. The van der Waals surface area contributed by atoms with Gasteiger partial charge in [-0.3, -0.25) is 0 Å². The van der Waals surface area contributed by atoms with Gasteiger partial charge >= 0.3 is 0 Å². The highest BCUT2D eigenvalue weighted by atomic mass is 35.7. The van der Waals surface area contributed by atoms with Crippen LogP contribution in [0, 0.1) is 18.3 Å². The van der Waals surface area contributed by atoms with Crippen LogP contribution in [0.4, 0.5) is 0 Å². The molecule has 0 aromatic heterocycles. The minimum Gasteiger partial charge on any atom is -0.392 e. The van der Waals surface area contributed by atoms with Crippen LogP contribution in [0.25, 0.3) is 0 Å². The highest BCUT2D eigenvalue weighted by Crippen LogP contribution is 2.24. The largest absolute Gasteiger partial charge is 0.392 e. The number of aliphatic hydroxyl groups excluding tert-OH is 1. The van der Waals surface area contributed by atoms with Crippen LogP contribution in [0.15, 0.2) is 17.0 Å². The maximum Gasteiger partial charge on any atom is 0.261 e. The van der Waals surface area contributed by atoms with Gasteiger partial charge in [-0.15, -0.1) is 0 Å². The summed E-state index contributed by atoms with van der Waals surface area (Å²) < 4.78 is 22.3. The molecule has 0 heterocycles. The molecule has 6 heteroatoms. The minimum atomic E-state index is -3.89. The second-order valence-corrected chi connectivity index (χ2v) is 5.51. The average Bonchev–Trinajstić information content (AvgIpc) is 2.16. The summed E-state index contributed by atoms with van der Waals surface area (Å²) in [6.07, 6.45) is 0. The number of aliphatic hydroxyl groups is 1.